The van der Waals surface area contributed by atoms with Crippen LogP contribution in [0.3, 0.4) is 0 Å². The van der Waals surface area contributed by atoms with Gasteiger partial charge in [-0.1, -0.05) is 35.9 Å². The molecule has 0 spiro atoms. The third-order valence-electron chi connectivity index (χ3n) is 3.99. The first-order valence-electron chi connectivity index (χ1n) is 7.47. The molecule has 0 saturated heterocycles. The van der Waals surface area contributed by atoms with Crippen molar-refractivity contribution in [1.29, 1.82) is 0 Å². The number of aryl methyl sites for hydroxylation is 1. The lowest BCUT2D eigenvalue weighted by atomic mass is 10.1. The van der Waals surface area contributed by atoms with Crippen molar-refractivity contribution in [3.8, 4) is 0 Å². The summed E-state index contributed by atoms with van der Waals surface area (Å²) in [6, 6.07) is 8.47. The van der Waals surface area contributed by atoms with Crippen molar-refractivity contribution < 1.29 is 0 Å². The highest BCUT2D eigenvalue weighted by Crippen LogP contribution is 2.39. The summed E-state index contributed by atoms with van der Waals surface area (Å²) in [4.78, 5) is 9.03. The fourth-order valence-corrected chi connectivity index (χ4v) is 2.58. The van der Waals surface area contributed by atoms with Gasteiger partial charge in [-0.3, -0.25) is 0 Å². The topological polar surface area (TPSA) is 37.8 Å². The van der Waals surface area contributed by atoms with Crippen LogP contribution in [0.5, 0.6) is 0 Å². The predicted octanol–water partition coefficient (Wildman–Crippen LogP) is 4.28. The van der Waals surface area contributed by atoms with Gasteiger partial charge in [0.2, 0.25) is 0 Å². The number of benzene rings is 1. The molecule has 21 heavy (non-hydrogen) atoms. The van der Waals surface area contributed by atoms with Crippen molar-refractivity contribution in [1.82, 2.24) is 9.97 Å². The van der Waals surface area contributed by atoms with E-state index in [1.807, 2.05) is 6.92 Å². The number of hydrogen-bond acceptors (Lipinski definition) is 3. The Kier molecular flexibility index (Phi) is 4.11. The number of hydrogen-bond donors (Lipinski definition) is 1. The van der Waals surface area contributed by atoms with Crippen LogP contribution in [0.2, 0.25) is 5.15 Å². The largest absolute Gasteiger partial charge is 0.369 e. The molecule has 0 amide bonds. The van der Waals surface area contributed by atoms with E-state index in [1.54, 1.807) is 0 Å². The first-order valence-corrected chi connectivity index (χ1v) is 7.85. The molecule has 3 nitrogen and oxygen atoms in total. The molecule has 3 rings (SSSR count). The normalized spacial score (nSPS) is 14.2. The highest BCUT2D eigenvalue weighted by atomic mass is 35.5. The number of rotatable bonds is 5. The van der Waals surface area contributed by atoms with E-state index in [9.17, 15) is 0 Å². The standard InChI is InChI=1S/C17H20ClN3/c1-11-5-3-4-6-13(11)9-10-19-16-12(2)15(18)20-17(21-16)14-7-8-14/h3-6,14H,7-10H2,1-2H3,(H,19,20,21). The third kappa shape index (κ3) is 3.35. The minimum Gasteiger partial charge on any atom is -0.369 e. The second-order valence-corrected chi connectivity index (χ2v) is 6.08. The van der Waals surface area contributed by atoms with Gasteiger partial charge in [0, 0.05) is 18.0 Å². The number of aromatic nitrogens is 2. The van der Waals surface area contributed by atoms with Crippen LogP contribution in [0.1, 0.15) is 41.3 Å². The molecule has 1 heterocycles. The zero-order valence-corrected chi connectivity index (χ0v) is 13.2. The maximum Gasteiger partial charge on any atom is 0.137 e. The second-order valence-electron chi connectivity index (χ2n) is 5.72. The van der Waals surface area contributed by atoms with E-state index in [-0.39, 0.29) is 0 Å². The zero-order valence-electron chi connectivity index (χ0n) is 12.5. The Labute approximate surface area is 130 Å². The summed E-state index contributed by atoms with van der Waals surface area (Å²) in [5.41, 5.74) is 3.63. The van der Waals surface area contributed by atoms with Crippen molar-refractivity contribution in [3.63, 3.8) is 0 Å². The van der Waals surface area contributed by atoms with Crippen molar-refractivity contribution >= 4 is 17.4 Å². The van der Waals surface area contributed by atoms with Crippen LogP contribution in [0.25, 0.3) is 0 Å². The quantitative estimate of drug-likeness (QED) is 0.838. The highest BCUT2D eigenvalue weighted by Gasteiger charge is 2.27. The average molecular weight is 302 g/mol. The van der Waals surface area contributed by atoms with Gasteiger partial charge in [-0.15, -0.1) is 0 Å². The van der Waals surface area contributed by atoms with E-state index in [1.165, 1.54) is 24.0 Å². The smallest absolute Gasteiger partial charge is 0.137 e. The summed E-state index contributed by atoms with van der Waals surface area (Å²) in [5.74, 6) is 2.29. The molecule has 0 aliphatic heterocycles. The predicted molar refractivity (Wildman–Crippen MR) is 87.1 cm³/mol. The molecular formula is C17H20ClN3. The first-order chi connectivity index (χ1) is 10.1. The van der Waals surface area contributed by atoms with Crippen molar-refractivity contribution in [2.45, 2.75) is 39.0 Å². The van der Waals surface area contributed by atoms with Crippen molar-refractivity contribution in [2.75, 3.05) is 11.9 Å². The van der Waals surface area contributed by atoms with Crippen LogP contribution < -0.4 is 5.32 Å². The summed E-state index contributed by atoms with van der Waals surface area (Å²) < 4.78 is 0. The second kappa shape index (κ2) is 6.02. The molecule has 1 aromatic heterocycles. The van der Waals surface area contributed by atoms with Gasteiger partial charge in [0.15, 0.2) is 0 Å². The molecule has 110 valence electrons. The first kappa shape index (κ1) is 14.3. The fraction of sp³-hybridized carbons (Fsp3) is 0.412. The summed E-state index contributed by atoms with van der Waals surface area (Å²) in [5, 5.41) is 3.99. The molecule has 1 aliphatic carbocycles. The van der Waals surface area contributed by atoms with Gasteiger partial charge in [0.05, 0.1) is 0 Å². The maximum absolute atomic E-state index is 6.22. The van der Waals surface area contributed by atoms with Gasteiger partial charge in [-0.2, -0.15) is 0 Å². The van der Waals surface area contributed by atoms with Gasteiger partial charge in [0.25, 0.3) is 0 Å². The molecule has 1 N–H and O–H groups in total. The number of anilines is 1. The molecule has 1 fully saturated rings. The van der Waals surface area contributed by atoms with Gasteiger partial charge >= 0.3 is 0 Å². The van der Waals surface area contributed by atoms with Crippen LogP contribution in [-0.4, -0.2) is 16.5 Å². The molecule has 0 radical (unpaired) electrons. The van der Waals surface area contributed by atoms with Gasteiger partial charge in [0.1, 0.15) is 16.8 Å². The summed E-state index contributed by atoms with van der Waals surface area (Å²) in [7, 11) is 0. The van der Waals surface area contributed by atoms with Crippen LogP contribution in [-0.2, 0) is 6.42 Å². The molecule has 0 bridgehead atoms. The molecule has 2 aromatic rings. The Morgan fingerprint density at radius 1 is 1.19 bits per heavy atom. The Morgan fingerprint density at radius 3 is 2.67 bits per heavy atom. The summed E-state index contributed by atoms with van der Waals surface area (Å²) in [6.45, 7) is 4.96. The number of nitrogens with one attached hydrogen (secondary N) is 1. The molecule has 0 unspecified atom stereocenters. The Hall–Kier alpha value is -1.61. The van der Waals surface area contributed by atoms with Crippen LogP contribution in [0, 0.1) is 13.8 Å². The Balaban J connectivity index is 1.69. The van der Waals surface area contributed by atoms with E-state index >= 15 is 0 Å². The number of halogens is 1. The van der Waals surface area contributed by atoms with Gasteiger partial charge < -0.3 is 5.32 Å². The molecule has 1 saturated carbocycles. The van der Waals surface area contributed by atoms with Crippen LogP contribution in [0.4, 0.5) is 5.82 Å². The summed E-state index contributed by atoms with van der Waals surface area (Å²) in [6.07, 6.45) is 3.34. The molecular weight excluding hydrogens is 282 g/mol. The van der Waals surface area contributed by atoms with E-state index in [4.69, 9.17) is 11.6 Å². The minimum absolute atomic E-state index is 0.514. The maximum atomic E-state index is 6.22. The van der Waals surface area contributed by atoms with E-state index in [0.29, 0.717) is 11.1 Å². The molecule has 4 heteroatoms. The molecule has 1 aromatic carbocycles. The van der Waals surface area contributed by atoms with Gasteiger partial charge in [-0.25, -0.2) is 9.97 Å². The Bertz CT molecular complexity index is 650. The highest BCUT2D eigenvalue weighted by molar-refractivity contribution is 6.30. The lowest BCUT2D eigenvalue weighted by molar-refractivity contribution is 0.904. The average Bonchev–Trinajstić information content (AvgIpc) is 3.30. The molecule has 0 atom stereocenters. The van der Waals surface area contributed by atoms with E-state index in [0.717, 1.165) is 30.2 Å². The molecule has 1 aliphatic rings. The third-order valence-corrected chi connectivity index (χ3v) is 4.36. The Morgan fingerprint density at radius 2 is 1.95 bits per heavy atom. The van der Waals surface area contributed by atoms with Gasteiger partial charge in [-0.05, 0) is 44.2 Å². The van der Waals surface area contributed by atoms with Crippen LogP contribution >= 0.6 is 11.6 Å². The van der Waals surface area contributed by atoms with E-state index < -0.39 is 0 Å². The van der Waals surface area contributed by atoms with Crippen molar-refractivity contribution in [2.24, 2.45) is 0 Å². The SMILES string of the molecule is Cc1ccccc1CCNc1nc(C2CC2)nc(Cl)c1C. The lowest BCUT2D eigenvalue weighted by Gasteiger charge is -2.12. The number of nitrogens with zero attached hydrogens (tertiary/aromatic N) is 2. The van der Waals surface area contributed by atoms with E-state index in [2.05, 4.69) is 46.5 Å². The monoisotopic (exact) mass is 301 g/mol. The fourth-order valence-electron chi connectivity index (χ4n) is 2.41. The van der Waals surface area contributed by atoms with Crippen molar-refractivity contribution in [3.05, 3.63) is 51.9 Å². The summed E-state index contributed by atoms with van der Waals surface area (Å²) >= 11 is 6.22. The van der Waals surface area contributed by atoms with Crippen LogP contribution in [0.15, 0.2) is 24.3 Å². The lowest BCUT2D eigenvalue weighted by Crippen LogP contribution is -2.10. The minimum atomic E-state index is 0.514. The zero-order chi connectivity index (χ0) is 14.8.